The van der Waals surface area contributed by atoms with Gasteiger partial charge in [-0.2, -0.15) is 0 Å². The summed E-state index contributed by atoms with van der Waals surface area (Å²) < 4.78 is 0. The summed E-state index contributed by atoms with van der Waals surface area (Å²) in [5, 5.41) is 13.9. The van der Waals surface area contributed by atoms with Gasteiger partial charge in [0.2, 0.25) is 0 Å². The normalized spacial score (nSPS) is 14.5. The molecular formula is C23H30N4O3. The second-order valence-corrected chi connectivity index (χ2v) is 7.89. The van der Waals surface area contributed by atoms with Crippen molar-refractivity contribution < 1.29 is 9.72 Å². The molecule has 0 aromatic heterocycles. The molecule has 1 amide bonds. The first-order chi connectivity index (χ1) is 14.4. The lowest BCUT2D eigenvalue weighted by Crippen LogP contribution is -2.46. The number of amides is 1. The lowest BCUT2D eigenvalue weighted by atomic mass is 10.1. The van der Waals surface area contributed by atoms with Crippen molar-refractivity contribution in [2.24, 2.45) is 0 Å². The van der Waals surface area contributed by atoms with Crippen LogP contribution in [-0.4, -0.2) is 55.0 Å². The summed E-state index contributed by atoms with van der Waals surface area (Å²) in [5.41, 5.74) is 3.46. The molecule has 0 bridgehead atoms. The van der Waals surface area contributed by atoms with Gasteiger partial charge in [0.15, 0.2) is 0 Å². The highest BCUT2D eigenvalue weighted by Gasteiger charge is 2.17. The van der Waals surface area contributed by atoms with Crippen molar-refractivity contribution in [1.29, 1.82) is 0 Å². The van der Waals surface area contributed by atoms with Gasteiger partial charge in [-0.1, -0.05) is 18.2 Å². The number of hydrogen-bond donors (Lipinski definition) is 1. The number of aryl methyl sites for hydroxylation is 2. The van der Waals surface area contributed by atoms with E-state index in [4.69, 9.17) is 0 Å². The Hall–Kier alpha value is -2.93. The van der Waals surface area contributed by atoms with Gasteiger partial charge in [-0.15, -0.1) is 0 Å². The second-order valence-electron chi connectivity index (χ2n) is 7.89. The van der Waals surface area contributed by atoms with E-state index in [2.05, 4.69) is 46.3 Å². The number of carbonyl (C=O) groups excluding carboxylic acids is 1. The first kappa shape index (κ1) is 21.8. The minimum absolute atomic E-state index is 0.0209. The van der Waals surface area contributed by atoms with Gasteiger partial charge in [-0.05, 0) is 57.0 Å². The van der Waals surface area contributed by atoms with Crippen LogP contribution in [0.2, 0.25) is 0 Å². The predicted octanol–water partition coefficient (Wildman–Crippen LogP) is 3.54. The van der Waals surface area contributed by atoms with E-state index in [9.17, 15) is 14.9 Å². The molecule has 2 aromatic rings. The van der Waals surface area contributed by atoms with Crippen LogP contribution in [0.1, 0.15) is 34.3 Å². The SMILES string of the molecule is Cc1cccc(N2CCN(CCCCNC(=O)c3ccc(C)c([N+](=O)[O-])c3)CC2)c1. The van der Waals surface area contributed by atoms with Crippen LogP contribution in [0.15, 0.2) is 42.5 Å². The Kier molecular flexibility index (Phi) is 7.41. The van der Waals surface area contributed by atoms with E-state index in [0.717, 1.165) is 45.6 Å². The van der Waals surface area contributed by atoms with Gasteiger partial charge in [0.25, 0.3) is 11.6 Å². The van der Waals surface area contributed by atoms with Gasteiger partial charge >= 0.3 is 0 Å². The van der Waals surface area contributed by atoms with Gasteiger partial charge in [0.1, 0.15) is 0 Å². The van der Waals surface area contributed by atoms with Crippen molar-refractivity contribution in [3.05, 3.63) is 69.3 Å². The maximum Gasteiger partial charge on any atom is 0.273 e. The van der Waals surface area contributed by atoms with E-state index in [1.165, 1.54) is 17.3 Å². The van der Waals surface area contributed by atoms with Gasteiger partial charge in [-0.25, -0.2) is 0 Å². The molecule has 1 fully saturated rings. The van der Waals surface area contributed by atoms with Crippen LogP contribution in [0, 0.1) is 24.0 Å². The molecule has 1 N–H and O–H groups in total. The quantitative estimate of drug-likeness (QED) is 0.409. The van der Waals surface area contributed by atoms with Crippen LogP contribution >= 0.6 is 0 Å². The molecule has 1 aliphatic heterocycles. The highest BCUT2D eigenvalue weighted by Crippen LogP contribution is 2.19. The van der Waals surface area contributed by atoms with Crippen molar-refractivity contribution in [3.63, 3.8) is 0 Å². The molecule has 7 heteroatoms. The lowest BCUT2D eigenvalue weighted by molar-refractivity contribution is -0.385. The standard InChI is InChI=1S/C23H30N4O3/c1-18-6-5-7-21(16-18)26-14-12-25(13-15-26)11-4-3-10-24-23(28)20-9-8-19(2)22(17-20)27(29)30/h5-9,16-17H,3-4,10-15H2,1-2H3,(H,24,28). The Morgan fingerprint density at radius 1 is 1.07 bits per heavy atom. The molecule has 1 heterocycles. The monoisotopic (exact) mass is 410 g/mol. The fourth-order valence-electron chi connectivity index (χ4n) is 3.77. The Balaban J connectivity index is 1.35. The van der Waals surface area contributed by atoms with Crippen molar-refractivity contribution >= 4 is 17.3 Å². The zero-order valence-corrected chi connectivity index (χ0v) is 17.8. The molecule has 160 valence electrons. The summed E-state index contributed by atoms with van der Waals surface area (Å²) in [6, 6.07) is 13.2. The van der Waals surface area contributed by atoms with Crippen molar-refractivity contribution in [2.45, 2.75) is 26.7 Å². The van der Waals surface area contributed by atoms with Gasteiger partial charge < -0.3 is 10.2 Å². The summed E-state index contributed by atoms with van der Waals surface area (Å²) in [4.78, 5) is 27.7. The third-order valence-corrected chi connectivity index (χ3v) is 5.59. The fraction of sp³-hybridized carbons (Fsp3) is 0.435. The molecule has 0 aliphatic carbocycles. The summed E-state index contributed by atoms with van der Waals surface area (Å²) in [5.74, 6) is -0.259. The first-order valence-electron chi connectivity index (χ1n) is 10.5. The van der Waals surface area contributed by atoms with Crippen molar-refractivity contribution in [1.82, 2.24) is 10.2 Å². The number of nitrogens with one attached hydrogen (secondary N) is 1. The van der Waals surface area contributed by atoms with E-state index in [1.54, 1.807) is 19.1 Å². The predicted molar refractivity (Wildman–Crippen MR) is 119 cm³/mol. The Bertz CT molecular complexity index is 892. The lowest BCUT2D eigenvalue weighted by Gasteiger charge is -2.36. The molecule has 30 heavy (non-hydrogen) atoms. The van der Waals surface area contributed by atoms with Crippen LogP contribution < -0.4 is 10.2 Å². The third kappa shape index (κ3) is 5.79. The van der Waals surface area contributed by atoms with Gasteiger partial charge in [0.05, 0.1) is 4.92 Å². The van der Waals surface area contributed by atoms with E-state index in [1.807, 2.05) is 0 Å². The third-order valence-electron chi connectivity index (χ3n) is 5.59. The van der Waals surface area contributed by atoms with Crippen LogP contribution in [0.25, 0.3) is 0 Å². The highest BCUT2D eigenvalue weighted by molar-refractivity contribution is 5.94. The molecule has 0 spiro atoms. The molecule has 0 atom stereocenters. The van der Waals surface area contributed by atoms with E-state index < -0.39 is 4.92 Å². The molecule has 0 saturated carbocycles. The number of piperazine rings is 1. The number of rotatable bonds is 8. The van der Waals surface area contributed by atoms with E-state index in [0.29, 0.717) is 17.7 Å². The number of anilines is 1. The van der Waals surface area contributed by atoms with Crippen LogP contribution in [0.4, 0.5) is 11.4 Å². The maximum atomic E-state index is 12.2. The summed E-state index contributed by atoms with van der Waals surface area (Å²) in [6.07, 6.45) is 1.90. The molecule has 1 aliphatic rings. The van der Waals surface area contributed by atoms with Crippen molar-refractivity contribution in [2.75, 3.05) is 44.2 Å². The summed E-state index contributed by atoms with van der Waals surface area (Å²) >= 11 is 0. The highest BCUT2D eigenvalue weighted by atomic mass is 16.6. The molecule has 7 nitrogen and oxygen atoms in total. The molecule has 0 radical (unpaired) electrons. The average Bonchev–Trinajstić information content (AvgIpc) is 2.74. The number of unbranched alkanes of at least 4 members (excludes halogenated alkanes) is 1. The maximum absolute atomic E-state index is 12.2. The number of benzene rings is 2. The summed E-state index contributed by atoms with van der Waals surface area (Å²) in [6.45, 7) is 9.55. The van der Waals surface area contributed by atoms with Crippen LogP contribution in [0.5, 0.6) is 0 Å². The van der Waals surface area contributed by atoms with Gasteiger partial charge in [0, 0.05) is 55.6 Å². The Labute approximate surface area is 177 Å². The minimum atomic E-state index is -0.454. The topological polar surface area (TPSA) is 78.7 Å². The molecular weight excluding hydrogens is 380 g/mol. The first-order valence-corrected chi connectivity index (χ1v) is 10.5. The zero-order chi connectivity index (χ0) is 21.5. The Morgan fingerprint density at radius 2 is 1.83 bits per heavy atom. The Morgan fingerprint density at radius 3 is 2.53 bits per heavy atom. The van der Waals surface area contributed by atoms with E-state index >= 15 is 0 Å². The van der Waals surface area contributed by atoms with Crippen molar-refractivity contribution in [3.8, 4) is 0 Å². The largest absolute Gasteiger partial charge is 0.369 e. The molecule has 3 rings (SSSR count). The second kappa shape index (κ2) is 10.2. The molecule has 1 saturated heterocycles. The fourth-order valence-corrected chi connectivity index (χ4v) is 3.77. The van der Waals surface area contributed by atoms with E-state index in [-0.39, 0.29) is 11.6 Å². The zero-order valence-electron chi connectivity index (χ0n) is 17.8. The van der Waals surface area contributed by atoms with Gasteiger partial charge in [-0.3, -0.25) is 19.8 Å². The minimum Gasteiger partial charge on any atom is -0.369 e. The summed E-state index contributed by atoms with van der Waals surface area (Å²) in [7, 11) is 0. The number of nitro benzene ring substituents is 1. The number of nitro groups is 1. The van der Waals surface area contributed by atoms with Crippen LogP contribution in [-0.2, 0) is 0 Å². The number of carbonyl (C=O) groups is 1. The molecule has 2 aromatic carbocycles. The molecule has 0 unspecified atom stereocenters. The number of hydrogen-bond acceptors (Lipinski definition) is 5. The average molecular weight is 411 g/mol. The number of nitrogens with zero attached hydrogens (tertiary/aromatic N) is 3. The van der Waals surface area contributed by atoms with Crippen LogP contribution in [0.3, 0.4) is 0 Å². The smallest absolute Gasteiger partial charge is 0.273 e.